The Hall–Kier alpha value is -1.38. The van der Waals surface area contributed by atoms with Crippen LogP contribution in [0.4, 0.5) is 25.2 Å². The van der Waals surface area contributed by atoms with Gasteiger partial charge in [-0.1, -0.05) is 30.3 Å². The number of nitrogens with zero attached hydrogens (tertiary/aromatic N) is 1. The van der Waals surface area contributed by atoms with E-state index in [9.17, 15) is 30.0 Å². The normalized spacial score (nSPS) is 26.7. The number of carbonyl (C=O) groups is 1. The molecule has 4 rings (SSSR count). The number of hydrogen-bond acceptors (Lipinski definition) is 2. The molecule has 0 bridgehead atoms. The minimum absolute atomic E-state index is 0.136. The number of nitrogens with one attached hydrogen (secondary N) is 1. The van der Waals surface area contributed by atoms with E-state index in [1.807, 2.05) is 4.90 Å². The second-order valence-electron chi connectivity index (χ2n) is 7.86. The van der Waals surface area contributed by atoms with Crippen molar-refractivity contribution in [2.45, 2.75) is 37.3 Å². The van der Waals surface area contributed by atoms with Crippen LogP contribution in [0.5, 0.6) is 0 Å². The van der Waals surface area contributed by atoms with Gasteiger partial charge in [0.1, 0.15) is 5.54 Å². The second kappa shape index (κ2) is 7.10. The Morgan fingerprint density at radius 2 is 1.48 bits per heavy atom. The molecular formula is C18H25F6N2O2P. The van der Waals surface area contributed by atoms with Crippen LogP contribution in [-0.4, -0.2) is 49.7 Å². The fraction of sp³-hybridized carbons (Fsp3) is 0.611. The summed E-state index contributed by atoms with van der Waals surface area (Å²) in [5.74, 6) is 0.207. The van der Waals surface area contributed by atoms with Crippen LogP contribution in [0, 0.1) is 0 Å². The minimum atomic E-state index is -10.7. The van der Waals surface area contributed by atoms with E-state index in [1.165, 1.54) is 31.5 Å². The number of rotatable bonds is 3. The number of likely N-dealkylation sites (tertiary alicyclic amines) is 2. The van der Waals surface area contributed by atoms with Crippen molar-refractivity contribution in [3.05, 3.63) is 35.9 Å². The fourth-order valence-corrected chi connectivity index (χ4v) is 4.39. The van der Waals surface area contributed by atoms with Crippen molar-refractivity contribution < 1.29 is 39.6 Å². The molecule has 29 heavy (non-hydrogen) atoms. The van der Waals surface area contributed by atoms with Crippen LogP contribution in [0.15, 0.2) is 30.3 Å². The summed E-state index contributed by atoms with van der Waals surface area (Å²) in [4.78, 5) is 16.0. The van der Waals surface area contributed by atoms with Gasteiger partial charge >= 0.3 is 33.0 Å². The van der Waals surface area contributed by atoms with E-state index >= 15 is 0 Å². The number of amides is 1. The first kappa shape index (κ1) is 22.3. The average Bonchev–Trinajstić information content (AvgIpc) is 3.33. The number of ether oxygens (including phenoxy) is 1. The number of benzene rings is 1. The molecule has 1 unspecified atom stereocenters. The largest absolute Gasteiger partial charge is 0.363 e. The molecule has 1 aromatic carbocycles. The van der Waals surface area contributed by atoms with E-state index in [0.29, 0.717) is 6.61 Å². The summed E-state index contributed by atoms with van der Waals surface area (Å²) in [5.41, 5.74) is 1.67. The summed E-state index contributed by atoms with van der Waals surface area (Å²) in [7, 11) is -10.7. The Morgan fingerprint density at radius 1 is 1.00 bits per heavy atom. The molecule has 166 valence electrons. The first-order valence-electron chi connectivity index (χ1n) is 9.62. The van der Waals surface area contributed by atoms with E-state index in [4.69, 9.17) is 4.74 Å². The minimum Gasteiger partial charge on any atom is -0.363 e. The molecule has 0 aliphatic carbocycles. The first-order chi connectivity index (χ1) is 13.2. The predicted octanol–water partition coefficient (Wildman–Crippen LogP) is 3.96. The van der Waals surface area contributed by atoms with E-state index in [-0.39, 0.29) is 17.6 Å². The van der Waals surface area contributed by atoms with Gasteiger partial charge in [0.05, 0.1) is 19.7 Å². The van der Waals surface area contributed by atoms with Crippen molar-refractivity contribution in [2.24, 2.45) is 0 Å². The molecule has 0 spiro atoms. The third kappa shape index (κ3) is 6.83. The quantitative estimate of drug-likeness (QED) is 0.434. The molecule has 3 aliphatic rings. The van der Waals surface area contributed by atoms with Gasteiger partial charge < -0.3 is 14.5 Å². The molecule has 1 atom stereocenters. The van der Waals surface area contributed by atoms with Gasteiger partial charge in [0.15, 0.2) is 6.10 Å². The molecule has 3 fully saturated rings. The fourth-order valence-electron chi connectivity index (χ4n) is 4.39. The second-order valence-corrected chi connectivity index (χ2v) is 9.78. The van der Waals surface area contributed by atoms with E-state index < -0.39 is 7.81 Å². The van der Waals surface area contributed by atoms with Crippen molar-refractivity contribution in [3.8, 4) is 0 Å². The molecule has 0 saturated carbocycles. The Balaban J connectivity index is 0.000000298. The van der Waals surface area contributed by atoms with Crippen molar-refractivity contribution in [2.75, 3.05) is 32.8 Å². The van der Waals surface area contributed by atoms with Crippen molar-refractivity contribution in [1.29, 1.82) is 0 Å². The van der Waals surface area contributed by atoms with Crippen molar-refractivity contribution in [3.63, 3.8) is 0 Å². The monoisotopic (exact) mass is 446 g/mol. The molecule has 0 radical (unpaired) electrons. The Bertz CT molecular complexity index is 714. The zero-order chi connectivity index (χ0) is 21.4. The maximum Gasteiger partial charge on any atom is 0.254 e. The van der Waals surface area contributed by atoms with Gasteiger partial charge in [0.25, 0.3) is 5.91 Å². The summed E-state index contributed by atoms with van der Waals surface area (Å²) >= 11 is 0. The van der Waals surface area contributed by atoms with Gasteiger partial charge in [-0.25, -0.2) is 0 Å². The van der Waals surface area contributed by atoms with Crippen LogP contribution < -0.4 is 4.90 Å². The molecule has 1 amide bonds. The third-order valence-electron chi connectivity index (χ3n) is 5.75. The van der Waals surface area contributed by atoms with Gasteiger partial charge in [0.2, 0.25) is 0 Å². The molecule has 3 aliphatic heterocycles. The number of quaternary nitrogens is 1. The molecule has 4 nitrogen and oxygen atoms in total. The van der Waals surface area contributed by atoms with Gasteiger partial charge in [-0.2, -0.15) is 0 Å². The number of epoxide rings is 1. The summed E-state index contributed by atoms with van der Waals surface area (Å²) in [6, 6.07) is 11.0. The zero-order valence-electron chi connectivity index (χ0n) is 15.8. The first-order valence-corrected chi connectivity index (χ1v) is 11.6. The summed E-state index contributed by atoms with van der Waals surface area (Å²) in [6.07, 6.45) is 4.68. The van der Waals surface area contributed by atoms with Crippen LogP contribution in [0.25, 0.3) is 0 Å². The average molecular weight is 446 g/mol. The van der Waals surface area contributed by atoms with Crippen molar-refractivity contribution >= 4 is 13.7 Å². The van der Waals surface area contributed by atoms with Gasteiger partial charge in [-0.3, -0.25) is 4.79 Å². The number of piperidine rings is 1. The molecule has 0 aromatic heterocycles. The molecule has 1 aromatic rings. The Morgan fingerprint density at radius 3 is 1.93 bits per heavy atom. The molecular weight excluding hydrogens is 421 g/mol. The Kier molecular flexibility index (Phi) is 5.46. The third-order valence-corrected chi connectivity index (χ3v) is 5.75. The molecule has 3 saturated heterocycles. The summed E-state index contributed by atoms with van der Waals surface area (Å²) in [5, 5.41) is 0. The zero-order valence-corrected chi connectivity index (χ0v) is 16.7. The topological polar surface area (TPSA) is 37.3 Å². The van der Waals surface area contributed by atoms with Gasteiger partial charge in [0, 0.05) is 44.3 Å². The molecule has 11 heteroatoms. The van der Waals surface area contributed by atoms with Crippen LogP contribution in [-0.2, 0) is 15.1 Å². The molecule has 3 heterocycles. The van der Waals surface area contributed by atoms with Crippen molar-refractivity contribution in [1.82, 2.24) is 4.90 Å². The standard InChI is InChI=1S/C18H24N2O2.F6P/c21-17(16-14-22-16)19-12-8-18(9-13-19,20-10-4-5-11-20)15-6-2-1-3-7-15;1-7(2,3,4,5)6/h1-3,6-7,16H,4-5,8-14H2;/q;-1/p+1. The smallest absolute Gasteiger partial charge is 0.254 e. The summed E-state index contributed by atoms with van der Waals surface area (Å²) in [6.45, 7) is 4.91. The maximum absolute atomic E-state index is 12.2. The predicted molar refractivity (Wildman–Crippen MR) is 97.2 cm³/mol. The van der Waals surface area contributed by atoms with Crippen LogP contribution >= 0.6 is 7.81 Å². The maximum atomic E-state index is 12.2. The molecule has 1 N–H and O–H groups in total. The number of carbonyl (C=O) groups excluding carboxylic acids is 1. The van der Waals surface area contributed by atoms with Gasteiger partial charge in [-0.15, -0.1) is 0 Å². The summed E-state index contributed by atoms with van der Waals surface area (Å²) < 4.78 is 64.4. The van der Waals surface area contributed by atoms with Gasteiger partial charge in [-0.05, 0) is 0 Å². The van der Waals surface area contributed by atoms with Crippen LogP contribution in [0.2, 0.25) is 0 Å². The van der Waals surface area contributed by atoms with E-state index in [2.05, 4.69) is 30.3 Å². The van der Waals surface area contributed by atoms with E-state index in [0.717, 1.165) is 25.9 Å². The number of halogens is 6. The van der Waals surface area contributed by atoms with Crippen LogP contribution in [0.1, 0.15) is 31.2 Å². The Labute approximate surface area is 165 Å². The number of hydrogen-bond donors (Lipinski definition) is 1. The van der Waals surface area contributed by atoms with E-state index in [1.54, 1.807) is 4.90 Å². The SMILES string of the molecule is F[P-](F)(F)(F)(F)F.O=C(C1CO1)N1CCC(c2ccccc2)([NH+]2CCCC2)CC1. The van der Waals surface area contributed by atoms with Crippen LogP contribution in [0.3, 0.4) is 0 Å².